The third kappa shape index (κ3) is 2.10. The van der Waals surface area contributed by atoms with E-state index in [0.717, 1.165) is 24.4 Å². The summed E-state index contributed by atoms with van der Waals surface area (Å²) in [6.45, 7) is 0.0855. The summed E-state index contributed by atoms with van der Waals surface area (Å²) < 4.78 is 0. The summed E-state index contributed by atoms with van der Waals surface area (Å²) in [7, 11) is 0. The highest BCUT2D eigenvalue weighted by molar-refractivity contribution is 7.99. The molecule has 0 radical (unpaired) electrons. The zero-order valence-electron chi connectivity index (χ0n) is 7.94. The average Bonchev–Trinajstić information content (AvgIpc) is 2.78. The fourth-order valence-electron chi connectivity index (χ4n) is 1.82. The van der Waals surface area contributed by atoms with E-state index < -0.39 is 0 Å². The number of rotatable bonds is 3. The molecule has 1 fully saturated rings. The third-order valence-corrected chi connectivity index (χ3v) is 3.85. The van der Waals surface area contributed by atoms with Gasteiger partial charge in [-0.1, -0.05) is 11.8 Å². The number of aliphatic hydroxyl groups excluding tert-OH is 1. The summed E-state index contributed by atoms with van der Waals surface area (Å²) in [5.41, 5.74) is 5.63. The van der Waals surface area contributed by atoms with E-state index in [1.165, 1.54) is 0 Å². The van der Waals surface area contributed by atoms with Crippen molar-refractivity contribution in [2.24, 2.45) is 5.73 Å². The summed E-state index contributed by atoms with van der Waals surface area (Å²) in [5, 5.41) is 10.5. The highest BCUT2D eigenvalue weighted by atomic mass is 32.2. The predicted octanol–water partition coefficient (Wildman–Crippen LogP) is 0.744. The number of nitrogens with two attached hydrogens (primary N) is 1. The molecule has 4 N–H and O–H groups in total. The van der Waals surface area contributed by atoms with Crippen molar-refractivity contribution in [3.8, 4) is 0 Å². The van der Waals surface area contributed by atoms with Crippen LogP contribution in [0.1, 0.15) is 19.3 Å². The Balaban J connectivity index is 1.90. The van der Waals surface area contributed by atoms with Crippen LogP contribution in [-0.4, -0.2) is 32.5 Å². The van der Waals surface area contributed by atoms with Crippen LogP contribution in [0.3, 0.4) is 0 Å². The third-order valence-electron chi connectivity index (χ3n) is 2.66. The van der Waals surface area contributed by atoms with Crippen LogP contribution < -0.4 is 5.73 Å². The molecule has 1 aliphatic rings. The normalized spacial score (nSPS) is 32.3. The van der Waals surface area contributed by atoms with Crippen molar-refractivity contribution in [3.63, 3.8) is 0 Å². The van der Waals surface area contributed by atoms with Crippen LogP contribution in [0.15, 0.2) is 17.6 Å². The number of imidazole rings is 1. The topological polar surface area (TPSA) is 74.9 Å². The van der Waals surface area contributed by atoms with E-state index in [9.17, 15) is 0 Å². The van der Waals surface area contributed by atoms with Gasteiger partial charge in [0, 0.05) is 23.2 Å². The van der Waals surface area contributed by atoms with Gasteiger partial charge < -0.3 is 15.8 Å². The first-order valence-electron chi connectivity index (χ1n) is 4.78. The minimum absolute atomic E-state index is 0.0855. The maximum absolute atomic E-state index is 9.11. The van der Waals surface area contributed by atoms with Crippen LogP contribution in [0.2, 0.25) is 0 Å². The molecule has 2 unspecified atom stereocenters. The second-order valence-corrected chi connectivity index (χ2v) is 5.19. The van der Waals surface area contributed by atoms with Gasteiger partial charge in [-0.2, -0.15) is 0 Å². The molecule has 2 atom stereocenters. The van der Waals surface area contributed by atoms with Gasteiger partial charge in [0.1, 0.15) is 0 Å². The summed E-state index contributed by atoms with van der Waals surface area (Å²) in [5.74, 6) is 0. The lowest BCUT2D eigenvalue weighted by atomic mass is 10.0. The number of aromatic amines is 1. The van der Waals surface area contributed by atoms with Gasteiger partial charge in [0.15, 0.2) is 5.16 Å². The van der Waals surface area contributed by atoms with Crippen LogP contribution in [0.4, 0.5) is 0 Å². The van der Waals surface area contributed by atoms with Crippen molar-refractivity contribution in [2.75, 3.05) is 6.61 Å². The van der Waals surface area contributed by atoms with E-state index in [2.05, 4.69) is 9.97 Å². The summed E-state index contributed by atoms with van der Waals surface area (Å²) in [6.07, 6.45) is 6.40. The number of nitrogens with zero attached hydrogens (tertiary/aromatic N) is 1. The molecule has 4 nitrogen and oxygen atoms in total. The van der Waals surface area contributed by atoms with Crippen molar-refractivity contribution < 1.29 is 5.11 Å². The number of nitrogens with one attached hydrogen (secondary N) is 1. The van der Waals surface area contributed by atoms with Crippen LogP contribution in [0.25, 0.3) is 0 Å². The Hall–Kier alpha value is -0.520. The molecule has 78 valence electrons. The van der Waals surface area contributed by atoms with E-state index in [1.807, 2.05) is 6.20 Å². The first-order chi connectivity index (χ1) is 6.72. The number of hydrogen-bond acceptors (Lipinski definition) is 4. The van der Waals surface area contributed by atoms with Gasteiger partial charge in [-0.05, 0) is 19.3 Å². The molecule has 1 aromatic heterocycles. The number of aromatic nitrogens is 2. The fraction of sp³-hybridized carbons (Fsp3) is 0.667. The van der Waals surface area contributed by atoms with Gasteiger partial charge in [-0.3, -0.25) is 0 Å². The van der Waals surface area contributed by atoms with Gasteiger partial charge in [0.2, 0.25) is 0 Å². The molecule has 0 saturated heterocycles. The smallest absolute Gasteiger partial charge is 0.165 e. The standard InChI is InChI=1S/C9H15N3OS/c10-9(6-13)2-1-7(5-9)14-8-11-3-4-12-8/h3-4,7,13H,1-2,5-6,10H2,(H,11,12). The molecule has 1 saturated carbocycles. The number of H-pyrrole nitrogens is 1. The van der Waals surface area contributed by atoms with Crippen LogP contribution in [0.5, 0.6) is 0 Å². The molecule has 0 amide bonds. The Morgan fingerprint density at radius 2 is 2.64 bits per heavy atom. The first-order valence-corrected chi connectivity index (χ1v) is 5.66. The molecule has 2 rings (SSSR count). The Labute approximate surface area is 87.3 Å². The molecule has 1 aliphatic carbocycles. The van der Waals surface area contributed by atoms with Crippen molar-refractivity contribution >= 4 is 11.8 Å². The van der Waals surface area contributed by atoms with Crippen molar-refractivity contribution in [1.29, 1.82) is 0 Å². The Kier molecular flexibility index (Phi) is 2.80. The highest BCUT2D eigenvalue weighted by Crippen LogP contribution is 2.37. The number of aliphatic hydroxyl groups is 1. The van der Waals surface area contributed by atoms with Crippen molar-refractivity contribution in [3.05, 3.63) is 12.4 Å². The molecule has 5 heteroatoms. The van der Waals surface area contributed by atoms with E-state index in [-0.39, 0.29) is 12.1 Å². The molecule has 0 spiro atoms. The van der Waals surface area contributed by atoms with Crippen LogP contribution >= 0.6 is 11.8 Å². The molecule has 14 heavy (non-hydrogen) atoms. The van der Waals surface area contributed by atoms with Crippen LogP contribution in [-0.2, 0) is 0 Å². The minimum Gasteiger partial charge on any atom is -0.394 e. The Morgan fingerprint density at radius 3 is 3.21 bits per heavy atom. The Morgan fingerprint density at radius 1 is 1.79 bits per heavy atom. The largest absolute Gasteiger partial charge is 0.394 e. The quantitative estimate of drug-likeness (QED) is 0.692. The zero-order valence-corrected chi connectivity index (χ0v) is 8.76. The van der Waals surface area contributed by atoms with Crippen molar-refractivity contribution in [1.82, 2.24) is 9.97 Å². The number of hydrogen-bond donors (Lipinski definition) is 3. The average molecular weight is 213 g/mol. The zero-order chi connectivity index (χ0) is 10.0. The molecular weight excluding hydrogens is 198 g/mol. The maximum Gasteiger partial charge on any atom is 0.165 e. The van der Waals surface area contributed by atoms with E-state index in [0.29, 0.717) is 5.25 Å². The van der Waals surface area contributed by atoms with Gasteiger partial charge in [-0.25, -0.2) is 4.98 Å². The van der Waals surface area contributed by atoms with Gasteiger partial charge in [0.05, 0.1) is 6.61 Å². The molecular formula is C9H15N3OS. The highest BCUT2D eigenvalue weighted by Gasteiger charge is 2.35. The lowest BCUT2D eigenvalue weighted by Crippen LogP contribution is -2.40. The predicted molar refractivity (Wildman–Crippen MR) is 56.1 cm³/mol. The molecule has 0 bridgehead atoms. The van der Waals surface area contributed by atoms with E-state index in [1.54, 1.807) is 18.0 Å². The van der Waals surface area contributed by atoms with E-state index >= 15 is 0 Å². The monoisotopic (exact) mass is 213 g/mol. The molecule has 0 aromatic carbocycles. The number of thioether (sulfide) groups is 1. The second-order valence-electron chi connectivity index (χ2n) is 3.90. The maximum atomic E-state index is 9.11. The summed E-state index contributed by atoms with van der Waals surface area (Å²) >= 11 is 1.72. The molecule has 1 aromatic rings. The van der Waals surface area contributed by atoms with Gasteiger partial charge >= 0.3 is 0 Å². The summed E-state index contributed by atoms with van der Waals surface area (Å²) in [6, 6.07) is 0. The van der Waals surface area contributed by atoms with Gasteiger partial charge in [-0.15, -0.1) is 0 Å². The minimum atomic E-state index is -0.357. The van der Waals surface area contributed by atoms with E-state index in [4.69, 9.17) is 10.8 Å². The van der Waals surface area contributed by atoms with Crippen LogP contribution in [0, 0.1) is 0 Å². The first kappa shape index (κ1) is 10.0. The molecule has 0 aliphatic heterocycles. The SMILES string of the molecule is NC1(CO)CCC(Sc2ncc[nH]2)C1. The fourth-order valence-corrected chi connectivity index (χ4v) is 3.05. The van der Waals surface area contributed by atoms with Gasteiger partial charge in [0.25, 0.3) is 0 Å². The lowest BCUT2D eigenvalue weighted by Gasteiger charge is -2.20. The van der Waals surface area contributed by atoms with Crippen molar-refractivity contribution in [2.45, 2.75) is 35.2 Å². The summed E-state index contributed by atoms with van der Waals surface area (Å²) in [4.78, 5) is 7.22. The Bertz CT molecular complexity index is 290. The lowest BCUT2D eigenvalue weighted by molar-refractivity contribution is 0.200. The second kappa shape index (κ2) is 3.92. The molecule has 1 heterocycles.